The van der Waals surface area contributed by atoms with E-state index in [1.807, 2.05) is 6.92 Å². The van der Waals surface area contributed by atoms with E-state index < -0.39 is 5.60 Å². The van der Waals surface area contributed by atoms with E-state index in [2.05, 4.69) is 39.8 Å². The molecule has 0 aromatic heterocycles. The van der Waals surface area contributed by atoms with Crippen molar-refractivity contribution in [2.45, 2.75) is 122 Å². The van der Waals surface area contributed by atoms with Gasteiger partial charge in [-0.3, -0.25) is 0 Å². The average molecular weight is 406 g/mol. The van der Waals surface area contributed by atoms with Crippen LogP contribution in [-0.2, 0) is 4.74 Å². The normalized spacial score (nSPS) is 39.4. The molecule has 8 unspecified atom stereocenters. The minimum atomic E-state index is -0.832. The van der Waals surface area contributed by atoms with E-state index in [1.54, 1.807) is 0 Å². The maximum atomic E-state index is 12.9. The zero-order valence-electron chi connectivity index (χ0n) is 19.2. The number of ether oxygens (including phenoxy) is 1. The molecule has 0 radical (unpaired) electrons. The molecule has 0 spiro atoms. The molecule has 1 saturated carbocycles. The van der Waals surface area contributed by atoms with Crippen molar-refractivity contribution in [1.82, 2.24) is 0 Å². The number of nitrogens with one attached hydrogen (secondary N) is 1. The summed E-state index contributed by atoms with van der Waals surface area (Å²) in [7, 11) is 0. The second kappa shape index (κ2) is 9.64. The van der Waals surface area contributed by atoms with E-state index in [4.69, 9.17) is 4.74 Å². The first kappa shape index (κ1) is 23.0. The number of hydrogen-bond donors (Lipinski definition) is 2. The van der Waals surface area contributed by atoms with Gasteiger partial charge in [-0.2, -0.15) is 0 Å². The van der Waals surface area contributed by atoms with Crippen molar-refractivity contribution in [2.75, 3.05) is 0 Å². The zero-order chi connectivity index (χ0) is 21.2. The van der Waals surface area contributed by atoms with Crippen molar-refractivity contribution in [1.29, 1.82) is 0 Å². The highest BCUT2D eigenvalue weighted by Crippen LogP contribution is 2.45. The third-order valence-electron chi connectivity index (χ3n) is 7.83. The lowest BCUT2D eigenvalue weighted by atomic mass is 9.68. The minimum absolute atomic E-state index is 0.0136. The Balaban J connectivity index is 1.57. The van der Waals surface area contributed by atoms with Gasteiger partial charge in [-0.25, -0.2) is 0 Å². The Morgan fingerprint density at radius 1 is 1.14 bits per heavy atom. The van der Waals surface area contributed by atoms with Crippen LogP contribution >= 0.6 is 0 Å². The summed E-state index contributed by atoms with van der Waals surface area (Å²) >= 11 is 0. The predicted octanol–water partition coefficient (Wildman–Crippen LogP) is 4.33. The standard InChI is InChI=1S/C25H43NO3/c1-17(2)10-8-11-18(3)12-9-15-25(5,27)23-16-21-20-13-6-7-14-22(20)26(28)19(4)24(21)29-23/h10,12,19-24,26-27H,6-9,11,13-16H2,1-5H3. The molecule has 4 nitrogen and oxygen atoms in total. The Bertz CT molecular complexity index is 607. The highest BCUT2D eigenvalue weighted by molar-refractivity contribution is 5.04. The fourth-order valence-corrected chi connectivity index (χ4v) is 6.02. The van der Waals surface area contributed by atoms with Crippen LogP contribution in [0.5, 0.6) is 0 Å². The van der Waals surface area contributed by atoms with Crippen LogP contribution in [0.2, 0.25) is 0 Å². The van der Waals surface area contributed by atoms with Gasteiger partial charge in [0.15, 0.2) is 0 Å². The number of quaternary nitrogens is 1. The topological polar surface area (TPSA) is 57.0 Å². The van der Waals surface area contributed by atoms with E-state index in [0.717, 1.165) is 38.5 Å². The average Bonchev–Trinajstić information content (AvgIpc) is 3.12. The van der Waals surface area contributed by atoms with Gasteiger partial charge in [-0.1, -0.05) is 29.7 Å². The van der Waals surface area contributed by atoms with E-state index in [0.29, 0.717) is 23.3 Å². The maximum absolute atomic E-state index is 12.9. The number of hydroxylamine groups is 2. The molecule has 0 bridgehead atoms. The van der Waals surface area contributed by atoms with Gasteiger partial charge in [0.2, 0.25) is 0 Å². The Labute approximate surface area is 178 Å². The Morgan fingerprint density at radius 2 is 1.86 bits per heavy atom. The molecule has 29 heavy (non-hydrogen) atoms. The molecule has 3 rings (SSSR count). The molecular weight excluding hydrogens is 362 g/mol. The fourth-order valence-electron chi connectivity index (χ4n) is 6.02. The smallest absolute Gasteiger partial charge is 0.113 e. The third kappa shape index (κ3) is 5.33. The van der Waals surface area contributed by atoms with Crippen LogP contribution in [0.4, 0.5) is 0 Å². The van der Waals surface area contributed by atoms with E-state index in [9.17, 15) is 10.3 Å². The van der Waals surface area contributed by atoms with E-state index >= 15 is 0 Å². The summed E-state index contributed by atoms with van der Waals surface area (Å²) < 4.78 is 6.41. The van der Waals surface area contributed by atoms with Crippen LogP contribution in [0.25, 0.3) is 0 Å². The number of rotatable bonds is 7. The molecule has 4 heteroatoms. The van der Waals surface area contributed by atoms with Crippen LogP contribution < -0.4 is 5.06 Å². The van der Waals surface area contributed by atoms with Crippen molar-refractivity contribution < 1.29 is 14.9 Å². The summed E-state index contributed by atoms with van der Waals surface area (Å²) in [5.41, 5.74) is 1.93. The number of piperidine rings is 1. The second-order valence-corrected chi connectivity index (χ2v) is 10.5. The van der Waals surface area contributed by atoms with Gasteiger partial charge in [0.05, 0.1) is 17.7 Å². The number of aliphatic hydroxyl groups is 1. The molecule has 166 valence electrons. The van der Waals surface area contributed by atoms with Crippen LogP contribution in [0.3, 0.4) is 0 Å². The van der Waals surface area contributed by atoms with Gasteiger partial charge in [0, 0.05) is 11.8 Å². The lowest BCUT2D eigenvalue weighted by Gasteiger charge is -2.51. The lowest BCUT2D eigenvalue weighted by Crippen LogP contribution is -3.18. The van der Waals surface area contributed by atoms with Gasteiger partial charge in [0.1, 0.15) is 12.1 Å². The predicted molar refractivity (Wildman–Crippen MR) is 119 cm³/mol. The molecule has 2 aliphatic heterocycles. The fraction of sp³-hybridized carbons (Fsp3) is 0.840. The molecule has 8 atom stereocenters. The van der Waals surface area contributed by atoms with Crippen LogP contribution in [0.15, 0.2) is 23.3 Å². The van der Waals surface area contributed by atoms with Gasteiger partial charge < -0.3 is 20.1 Å². The minimum Gasteiger partial charge on any atom is -0.634 e. The van der Waals surface area contributed by atoms with Gasteiger partial charge in [-0.05, 0) is 86.0 Å². The first-order valence-electron chi connectivity index (χ1n) is 11.9. The maximum Gasteiger partial charge on any atom is 0.113 e. The second-order valence-electron chi connectivity index (χ2n) is 10.5. The van der Waals surface area contributed by atoms with Gasteiger partial charge >= 0.3 is 0 Å². The third-order valence-corrected chi connectivity index (χ3v) is 7.83. The molecule has 3 aliphatic rings. The molecular formula is C25H43NO3. The molecule has 1 aliphatic carbocycles. The summed E-state index contributed by atoms with van der Waals surface area (Å²) in [5, 5.41) is 24.5. The SMILES string of the molecule is CC(C)=CCCC(C)=CCCC(C)(O)C1CC2C3CCCCC3[NH+]([O-])C(C)C2O1. The van der Waals surface area contributed by atoms with E-state index in [-0.39, 0.29) is 24.3 Å². The van der Waals surface area contributed by atoms with Crippen molar-refractivity contribution in [3.63, 3.8) is 0 Å². The van der Waals surface area contributed by atoms with Crippen LogP contribution in [-0.4, -0.2) is 35.0 Å². The summed E-state index contributed by atoms with van der Waals surface area (Å²) in [6.45, 7) is 10.5. The molecule has 0 amide bonds. The monoisotopic (exact) mass is 405 g/mol. The van der Waals surface area contributed by atoms with Crippen molar-refractivity contribution in [3.8, 4) is 0 Å². The Morgan fingerprint density at radius 3 is 2.59 bits per heavy atom. The summed E-state index contributed by atoms with van der Waals surface area (Å²) in [6, 6.07) is 0.232. The highest BCUT2D eigenvalue weighted by Gasteiger charge is 2.56. The zero-order valence-corrected chi connectivity index (χ0v) is 19.2. The van der Waals surface area contributed by atoms with Crippen LogP contribution in [0, 0.1) is 17.0 Å². The lowest BCUT2D eigenvalue weighted by molar-refractivity contribution is -0.917. The van der Waals surface area contributed by atoms with Crippen molar-refractivity contribution in [2.24, 2.45) is 11.8 Å². The Kier molecular flexibility index (Phi) is 7.64. The summed E-state index contributed by atoms with van der Waals surface area (Å²) in [5.74, 6) is 0.932. The molecule has 2 saturated heterocycles. The van der Waals surface area contributed by atoms with Gasteiger partial charge in [-0.15, -0.1) is 0 Å². The van der Waals surface area contributed by atoms with Crippen LogP contribution in [0.1, 0.15) is 92.4 Å². The summed E-state index contributed by atoms with van der Waals surface area (Å²) in [4.78, 5) is 0. The first-order chi connectivity index (χ1) is 13.7. The molecule has 3 fully saturated rings. The van der Waals surface area contributed by atoms with Gasteiger partial charge in [0.25, 0.3) is 0 Å². The van der Waals surface area contributed by atoms with Crippen molar-refractivity contribution in [3.05, 3.63) is 28.5 Å². The quantitative estimate of drug-likeness (QED) is 0.490. The molecule has 2 heterocycles. The number of hydrogen-bond acceptors (Lipinski definition) is 3. The largest absolute Gasteiger partial charge is 0.634 e. The molecule has 2 N–H and O–H groups in total. The first-order valence-corrected chi connectivity index (χ1v) is 11.9. The number of fused-ring (bicyclic) bond motifs is 3. The van der Waals surface area contributed by atoms with E-state index in [1.165, 1.54) is 24.0 Å². The molecule has 0 aromatic carbocycles. The highest BCUT2D eigenvalue weighted by atomic mass is 16.5. The molecule has 0 aromatic rings. The number of allylic oxidation sites excluding steroid dienone is 4. The van der Waals surface area contributed by atoms with Crippen molar-refractivity contribution >= 4 is 0 Å². The summed E-state index contributed by atoms with van der Waals surface area (Å²) in [6.07, 6.45) is 13.8. The Hall–Kier alpha value is -0.680.